The van der Waals surface area contributed by atoms with Crippen molar-refractivity contribution in [1.82, 2.24) is 9.61 Å². The van der Waals surface area contributed by atoms with Gasteiger partial charge in [-0.3, -0.25) is 0 Å². The largest absolute Gasteiger partial charge is 0.236 e. The van der Waals surface area contributed by atoms with Crippen LogP contribution in [0.4, 0.5) is 0 Å². The van der Waals surface area contributed by atoms with Crippen LogP contribution in [0, 0.1) is 0 Å². The van der Waals surface area contributed by atoms with Crippen molar-refractivity contribution < 1.29 is 0 Å². The van der Waals surface area contributed by atoms with Crippen molar-refractivity contribution in [2.75, 3.05) is 0 Å². The van der Waals surface area contributed by atoms with Crippen LogP contribution in [-0.4, -0.2) is 9.61 Å². The number of thiophene rings is 1. The van der Waals surface area contributed by atoms with E-state index in [1.807, 2.05) is 11.3 Å². The highest BCUT2D eigenvalue weighted by Gasteiger charge is 2.29. The van der Waals surface area contributed by atoms with Crippen molar-refractivity contribution in [2.45, 2.75) is 18.8 Å². The number of pyridine rings is 1. The third-order valence-corrected chi connectivity index (χ3v) is 8.51. The van der Waals surface area contributed by atoms with E-state index in [0.29, 0.717) is 5.92 Å². The first-order valence-corrected chi connectivity index (χ1v) is 13.1. The molecule has 1 aliphatic rings. The molecule has 7 aromatic rings. The van der Waals surface area contributed by atoms with Crippen LogP contribution in [0.1, 0.15) is 24.5 Å². The maximum atomic E-state index is 5.36. The molecule has 3 heterocycles. The van der Waals surface area contributed by atoms with Gasteiger partial charge < -0.3 is 0 Å². The van der Waals surface area contributed by atoms with Crippen molar-refractivity contribution >= 4 is 47.8 Å². The van der Waals surface area contributed by atoms with Gasteiger partial charge in [0.05, 0.1) is 5.52 Å². The Morgan fingerprint density at radius 1 is 0.657 bits per heavy atom. The molecule has 2 nitrogen and oxygen atoms in total. The molecule has 1 aliphatic carbocycles. The first-order valence-electron chi connectivity index (χ1n) is 12.3. The summed E-state index contributed by atoms with van der Waals surface area (Å²) in [5.74, 6) is 0.599. The summed E-state index contributed by atoms with van der Waals surface area (Å²) in [5, 5.41) is 10.6. The van der Waals surface area contributed by atoms with Gasteiger partial charge in [-0.15, -0.1) is 11.3 Å². The molecule has 0 spiro atoms. The Kier molecular flexibility index (Phi) is 4.02. The van der Waals surface area contributed by atoms with Gasteiger partial charge in [-0.1, -0.05) is 78.9 Å². The first-order chi connectivity index (χ1) is 17.3. The lowest BCUT2D eigenvalue weighted by atomic mass is 9.96. The van der Waals surface area contributed by atoms with Crippen LogP contribution in [0.15, 0.2) is 103 Å². The van der Waals surface area contributed by atoms with E-state index in [-0.39, 0.29) is 0 Å². The minimum Gasteiger partial charge on any atom is -0.236 e. The average molecular weight is 467 g/mol. The van der Waals surface area contributed by atoms with Gasteiger partial charge in [-0.05, 0) is 48.1 Å². The van der Waals surface area contributed by atoms with Crippen LogP contribution in [0.25, 0.3) is 58.8 Å². The van der Waals surface area contributed by atoms with Crippen molar-refractivity contribution in [2.24, 2.45) is 0 Å². The van der Waals surface area contributed by atoms with Crippen LogP contribution < -0.4 is 0 Å². The van der Waals surface area contributed by atoms with Crippen molar-refractivity contribution in [3.63, 3.8) is 0 Å². The van der Waals surface area contributed by atoms with Crippen LogP contribution in [-0.2, 0) is 0 Å². The lowest BCUT2D eigenvalue weighted by molar-refractivity contribution is 0.866. The lowest BCUT2D eigenvalue weighted by Crippen LogP contribution is -1.98. The minimum atomic E-state index is 0.599. The fraction of sp³-hybridized carbons (Fsp3) is 0.0938. The fourth-order valence-electron chi connectivity index (χ4n) is 5.54. The smallest absolute Gasteiger partial charge is 0.101 e. The molecule has 3 heteroatoms. The van der Waals surface area contributed by atoms with Crippen LogP contribution >= 0.6 is 11.3 Å². The Hall–Kier alpha value is -3.95. The highest BCUT2D eigenvalue weighted by atomic mass is 32.1. The zero-order valence-electron chi connectivity index (χ0n) is 19.1. The van der Waals surface area contributed by atoms with E-state index in [9.17, 15) is 0 Å². The Balaban J connectivity index is 1.51. The molecule has 0 N–H and O–H groups in total. The molecule has 0 radical (unpaired) electrons. The van der Waals surface area contributed by atoms with E-state index in [2.05, 4.69) is 108 Å². The molecule has 3 aromatic heterocycles. The fourth-order valence-corrected chi connectivity index (χ4v) is 6.62. The zero-order valence-corrected chi connectivity index (χ0v) is 19.9. The molecular formula is C32H22N2S. The topological polar surface area (TPSA) is 17.3 Å². The van der Waals surface area contributed by atoms with Gasteiger partial charge in [-0.2, -0.15) is 5.10 Å². The molecule has 0 amide bonds. The molecule has 1 saturated carbocycles. The quantitative estimate of drug-likeness (QED) is 0.254. The van der Waals surface area contributed by atoms with Gasteiger partial charge in [-0.25, -0.2) is 4.52 Å². The van der Waals surface area contributed by atoms with Gasteiger partial charge >= 0.3 is 0 Å². The third-order valence-electron chi connectivity index (χ3n) is 7.36. The van der Waals surface area contributed by atoms with E-state index < -0.39 is 0 Å². The Labute approximate surface area is 207 Å². The Bertz CT molecular complexity index is 1910. The van der Waals surface area contributed by atoms with Gasteiger partial charge in [0.2, 0.25) is 0 Å². The molecule has 0 aliphatic heterocycles. The molecular weight excluding hydrogens is 444 g/mol. The van der Waals surface area contributed by atoms with Crippen molar-refractivity contribution in [3.05, 3.63) is 109 Å². The van der Waals surface area contributed by atoms with Gasteiger partial charge in [0.15, 0.2) is 0 Å². The van der Waals surface area contributed by atoms with Crippen LogP contribution in [0.5, 0.6) is 0 Å². The molecule has 0 atom stereocenters. The number of hydrogen-bond donors (Lipinski definition) is 0. The summed E-state index contributed by atoms with van der Waals surface area (Å²) in [6, 6.07) is 37.5. The van der Waals surface area contributed by atoms with E-state index in [1.165, 1.54) is 71.7 Å². The van der Waals surface area contributed by atoms with Gasteiger partial charge in [0.25, 0.3) is 0 Å². The van der Waals surface area contributed by atoms with Crippen LogP contribution in [0.3, 0.4) is 0 Å². The summed E-state index contributed by atoms with van der Waals surface area (Å²) in [4.78, 5) is 0. The number of rotatable bonds is 3. The first kappa shape index (κ1) is 19.4. The summed E-state index contributed by atoms with van der Waals surface area (Å²) in [6.45, 7) is 0. The van der Waals surface area contributed by atoms with Gasteiger partial charge in [0.1, 0.15) is 5.69 Å². The summed E-state index contributed by atoms with van der Waals surface area (Å²) in [5.41, 5.74) is 7.24. The highest BCUT2D eigenvalue weighted by molar-refractivity contribution is 7.25. The monoisotopic (exact) mass is 466 g/mol. The minimum absolute atomic E-state index is 0.599. The third kappa shape index (κ3) is 2.92. The molecule has 0 bridgehead atoms. The number of benzene rings is 4. The molecule has 0 saturated heterocycles. The highest BCUT2D eigenvalue weighted by Crippen LogP contribution is 2.46. The molecule has 1 fully saturated rings. The number of aromatic nitrogens is 2. The molecule has 35 heavy (non-hydrogen) atoms. The summed E-state index contributed by atoms with van der Waals surface area (Å²) >= 11 is 1.86. The standard InChI is InChI=1S/C32H22N2S/c1-2-8-21(9-3-1)30-31(23-16-17-29-26(18-23)25-12-6-7-13-28(25)35-29)33-34-27(20-14-15-20)19-22-10-4-5-11-24(22)32(30)34/h1-13,16-20H,14-15H2. The predicted molar refractivity (Wildman–Crippen MR) is 148 cm³/mol. The molecule has 0 unspecified atom stereocenters. The zero-order chi connectivity index (χ0) is 22.9. The summed E-state index contributed by atoms with van der Waals surface area (Å²) in [7, 11) is 0. The maximum Gasteiger partial charge on any atom is 0.101 e. The summed E-state index contributed by atoms with van der Waals surface area (Å²) in [6.07, 6.45) is 2.49. The summed E-state index contributed by atoms with van der Waals surface area (Å²) < 4.78 is 4.91. The second-order valence-corrected chi connectivity index (χ2v) is 10.7. The normalized spacial score (nSPS) is 13.9. The number of hydrogen-bond acceptors (Lipinski definition) is 2. The van der Waals surface area contributed by atoms with E-state index in [1.54, 1.807) is 0 Å². The van der Waals surface area contributed by atoms with E-state index in [4.69, 9.17) is 5.10 Å². The van der Waals surface area contributed by atoms with Gasteiger partial charge in [0, 0.05) is 48.3 Å². The Morgan fingerprint density at radius 3 is 2.26 bits per heavy atom. The van der Waals surface area contributed by atoms with Crippen LogP contribution in [0.2, 0.25) is 0 Å². The number of nitrogens with zero attached hydrogens (tertiary/aromatic N) is 2. The molecule has 4 aromatic carbocycles. The number of fused-ring (bicyclic) bond motifs is 6. The average Bonchev–Trinajstić information content (AvgIpc) is 3.58. The van der Waals surface area contributed by atoms with Crippen molar-refractivity contribution in [1.29, 1.82) is 0 Å². The van der Waals surface area contributed by atoms with Crippen molar-refractivity contribution in [3.8, 4) is 22.4 Å². The Morgan fingerprint density at radius 2 is 1.40 bits per heavy atom. The second-order valence-electron chi connectivity index (χ2n) is 9.59. The second kappa shape index (κ2) is 7.27. The molecule has 166 valence electrons. The maximum absolute atomic E-state index is 5.36. The molecule has 8 rings (SSSR count). The lowest BCUT2D eigenvalue weighted by Gasteiger charge is -2.09. The predicted octanol–water partition coefficient (Wildman–Crippen LogP) is 9.07. The van der Waals surface area contributed by atoms with E-state index in [0.717, 1.165) is 5.69 Å². The SMILES string of the molecule is c1ccc(-c2c(-c3ccc4sc5ccccc5c4c3)nn3c(C4CC4)cc4ccccc4c23)cc1. The van der Waals surface area contributed by atoms with E-state index >= 15 is 0 Å².